The molecule has 0 spiro atoms. The molecular weight excluding hydrogens is 334 g/mol. The third-order valence-electron chi connectivity index (χ3n) is 4.37. The Morgan fingerprint density at radius 1 is 1.33 bits per heavy atom. The summed E-state index contributed by atoms with van der Waals surface area (Å²) in [6, 6.07) is 3.78. The molecule has 0 saturated carbocycles. The highest BCUT2D eigenvalue weighted by molar-refractivity contribution is 6.34. The summed E-state index contributed by atoms with van der Waals surface area (Å²) in [7, 11) is 0. The van der Waals surface area contributed by atoms with E-state index < -0.39 is 24.1 Å². The van der Waals surface area contributed by atoms with Gasteiger partial charge in [0.2, 0.25) is 0 Å². The summed E-state index contributed by atoms with van der Waals surface area (Å²) in [6.45, 7) is 4.66. The number of carbonyl (C=O) groups excluding carboxylic acids is 2. The first-order chi connectivity index (χ1) is 11.4. The summed E-state index contributed by atoms with van der Waals surface area (Å²) < 4.78 is 16.6. The maximum absolute atomic E-state index is 11.5. The van der Waals surface area contributed by atoms with E-state index in [9.17, 15) is 9.59 Å². The summed E-state index contributed by atoms with van der Waals surface area (Å²) in [4.78, 5) is 22.6. The molecule has 2 bridgehead atoms. The molecule has 1 N–H and O–H groups in total. The molecule has 6 nitrogen and oxygen atoms in total. The van der Waals surface area contributed by atoms with E-state index in [1.54, 1.807) is 0 Å². The van der Waals surface area contributed by atoms with Gasteiger partial charge in [-0.1, -0.05) is 23.7 Å². The van der Waals surface area contributed by atoms with Crippen LogP contribution in [0.25, 0.3) is 0 Å². The number of benzene rings is 1. The van der Waals surface area contributed by atoms with Crippen molar-refractivity contribution in [2.75, 3.05) is 11.9 Å². The fraction of sp³-hybridized carbons (Fsp3) is 0.529. The van der Waals surface area contributed by atoms with E-state index in [1.807, 2.05) is 19.1 Å². The van der Waals surface area contributed by atoms with Crippen molar-refractivity contribution in [1.82, 2.24) is 0 Å². The third kappa shape index (κ3) is 3.21. The maximum Gasteiger partial charge on any atom is 0.303 e. The number of halogens is 1. The molecule has 3 rings (SSSR count). The number of anilines is 1. The van der Waals surface area contributed by atoms with Crippen LogP contribution in [0.15, 0.2) is 12.1 Å². The van der Waals surface area contributed by atoms with Crippen LogP contribution in [0.2, 0.25) is 5.02 Å². The number of aryl methyl sites for hydroxylation is 1. The minimum atomic E-state index is -0.553. The average molecular weight is 354 g/mol. The second-order valence-electron chi connectivity index (χ2n) is 6.19. The smallest absolute Gasteiger partial charge is 0.303 e. The van der Waals surface area contributed by atoms with Crippen LogP contribution in [0.1, 0.15) is 37.5 Å². The van der Waals surface area contributed by atoms with E-state index in [1.165, 1.54) is 13.8 Å². The Bertz CT molecular complexity index is 677. The Hall–Kier alpha value is -1.79. The fourth-order valence-electron chi connectivity index (χ4n) is 3.29. The van der Waals surface area contributed by atoms with Crippen LogP contribution in [-0.2, 0) is 23.8 Å². The first-order valence-electron chi connectivity index (χ1n) is 7.88. The standard InChI is InChI=1S/C17H20ClNO5/c1-8-4-5-11-13-6-12(19-16(11)15(8)18)17(23-10(3)21)14(24-13)7-22-9(2)20/h4-5,12-14,17,19H,6-7H2,1-3H3/t12-,13-,14-,17+/m1/s1. The quantitative estimate of drug-likeness (QED) is 0.842. The predicted molar refractivity (Wildman–Crippen MR) is 88.0 cm³/mol. The van der Waals surface area contributed by atoms with Gasteiger partial charge in [0, 0.05) is 25.8 Å². The van der Waals surface area contributed by atoms with Crippen LogP contribution < -0.4 is 5.32 Å². The topological polar surface area (TPSA) is 73.9 Å². The molecule has 7 heteroatoms. The van der Waals surface area contributed by atoms with Gasteiger partial charge < -0.3 is 19.5 Å². The summed E-state index contributed by atoms with van der Waals surface area (Å²) in [5, 5.41) is 4.03. The van der Waals surface area contributed by atoms with Crippen LogP contribution in [0.5, 0.6) is 0 Å². The molecule has 24 heavy (non-hydrogen) atoms. The lowest BCUT2D eigenvalue weighted by atomic mass is 9.86. The second kappa shape index (κ2) is 6.61. The predicted octanol–water partition coefficient (Wildman–Crippen LogP) is 2.77. The summed E-state index contributed by atoms with van der Waals surface area (Å²) in [5.74, 6) is -0.805. The molecule has 1 saturated heterocycles. The molecular formula is C17H20ClNO5. The van der Waals surface area contributed by atoms with E-state index in [0.29, 0.717) is 11.4 Å². The molecule has 130 valence electrons. The molecule has 2 heterocycles. The summed E-state index contributed by atoms with van der Waals surface area (Å²) in [6.07, 6.45) is -0.609. The van der Waals surface area contributed by atoms with Crippen LogP contribution in [0.3, 0.4) is 0 Å². The van der Waals surface area contributed by atoms with E-state index in [4.69, 9.17) is 25.8 Å². The zero-order valence-corrected chi connectivity index (χ0v) is 14.6. The molecule has 1 aromatic carbocycles. The number of hydrogen-bond acceptors (Lipinski definition) is 6. The number of nitrogens with one attached hydrogen (secondary N) is 1. The molecule has 0 aromatic heterocycles. The van der Waals surface area contributed by atoms with Gasteiger partial charge in [-0.3, -0.25) is 9.59 Å². The lowest BCUT2D eigenvalue weighted by Gasteiger charge is -2.45. The summed E-state index contributed by atoms with van der Waals surface area (Å²) in [5.41, 5.74) is 2.75. The molecule has 4 atom stereocenters. The van der Waals surface area contributed by atoms with Gasteiger partial charge in [0.15, 0.2) is 6.10 Å². The normalized spacial score (nSPS) is 27.7. The van der Waals surface area contributed by atoms with E-state index in [0.717, 1.165) is 16.8 Å². The van der Waals surface area contributed by atoms with Crippen molar-refractivity contribution in [1.29, 1.82) is 0 Å². The van der Waals surface area contributed by atoms with Crippen molar-refractivity contribution in [2.24, 2.45) is 0 Å². The number of ether oxygens (including phenoxy) is 3. The van der Waals surface area contributed by atoms with E-state index in [2.05, 4.69) is 5.32 Å². The van der Waals surface area contributed by atoms with Crippen LogP contribution in [0, 0.1) is 6.92 Å². The first kappa shape index (κ1) is 17.0. The van der Waals surface area contributed by atoms with Crippen molar-refractivity contribution in [3.8, 4) is 0 Å². The number of rotatable bonds is 3. The Morgan fingerprint density at radius 3 is 2.75 bits per heavy atom. The Labute approximate surface area is 145 Å². The minimum Gasteiger partial charge on any atom is -0.463 e. The fourth-order valence-corrected chi connectivity index (χ4v) is 3.51. The number of carbonyl (C=O) groups is 2. The van der Waals surface area contributed by atoms with Crippen molar-refractivity contribution in [2.45, 2.75) is 51.5 Å². The second-order valence-corrected chi connectivity index (χ2v) is 6.56. The molecule has 1 aromatic rings. The first-order valence-corrected chi connectivity index (χ1v) is 8.26. The van der Waals surface area contributed by atoms with Gasteiger partial charge >= 0.3 is 11.9 Å². The molecule has 0 amide bonds. The zero-order chi connectivity index (χ0) is 17.4. The highest BCUT2D eigenvalue weighted by Crippen LogP contribution is 2.45. The van der Waals surface area contributed by atoms with Gasteiger partial charge in [0.05, 0.1) is 22.9 Å². The molecule has 0 radical (unpaired) electrons. The van der Waals surface area contributed by atoms with E-state index >= 15 is 0 Å². The number of esters is 2. The highest BCUT2D eigenvalue weighted by Gasteiger charge is 2.45. The Balaban J connectivity index is 1.91. The summed E-state index contributed by atoms with van der Waals surface area (Å²) >= 11 is 6.42. The van der Waals surface area contributed by atoms with Crippen molar-refractivity contribution in [3.63, 3.8) is 0 Å². The highest BCUT2D eigenvalue weighted by atomic mass is 35.5. The molecule has 1 fully saturated rings. The van der Waals surface area contributed by atoms with Gasteiger partial charge in [-0.15, -0.1) is 0 Å². The van der Waals surface area contributed by atoms with Crippen LogP contribution in [-0.4, -0.2) is 36.8 Å². The molecule has 2 aliphatic heterocycles. The monoisotopic (exact) mass is 353 g/mol. The number of hydrogen-bond donors (Lipinski definition) is 1. The Morgan fingerprint density at radius 2 is 2.08 bits per heavy atom. The van der Waals surface area contributed by atoms with Crippen molar-refractivity contribution < 1.29 is 23.8 Å². The Kier molecular flexibility index (Phi) is 4.69. The van der Waals surface area contributed by atoms with Crippen molar-refractivity contribution in [3.05, 3.63) is 28.3 Å². The van der Waals surface area contributed by atoms with Crippen LogP contribution >= 0.6 is 11.6 Å². The van der Waals surface area contributed by atoms with Gasteiger partial charge in [-0.2, -0.15) is 0 Å². The lowest BCUT2D eigenvalue weighted by Crippen LogP contribution is -2.55. The minimum absolute atomic E-state index is 0.0386. The van der Waals surface area contributed by atoms with Gasteiger partial charge in [0.1, 0.15) is 12.7 Å². The largest absolute Gasteiger partial charge is 0.463 e. The van der Waals surface area contributed by atoms with E-state index in [-0.39, 0.29) is 18.8 Å². The lowest BCUT2D eigenvalue weighted by molar-refractivity contribution is -0.185. The third-order valence-corrected chi connectivity index (χ3v) is 4.85. The van der Waals surface area contributed by atoms with Gasteiger partial charge in [-0.25, -0.2) is 0 Å². The van der Waals surface area contributed by atoms with Gasteiger partial charge in [0.25, 0.3) is 0 Å². The average Bonchev–Trinajstić information content (AvgIpc) is 2.52. The molecule has 2 aliphatic rings. The SMILES string of the molecule is CC(=O)OC[C@H]1O[C@@H]2C[C@@H](Nc3c2ccc(C)c3Cl)[C@@H]1OC(C)=O. The molecule has 0 aliphatic carbocycles. The maximum atomic E-state index is 11.5. The zero-order valence-electron chi connectivity index (χ0n) is 13.8. The van der Waals surface area contributed by atoms with Crippen LogP contribution in [0.4, 0.5) is 5.69 Å². The number of fused-ring (bicyclic) bond motifs is 4. The van der Waals surface area contributed by atoms with Gasteiger partial charge in [-0.05, 0) is 12.5 Å². The van der Waals surface area contributed by atoms with Crippen molar-refractivity contribution >= 4 is 29.2 Å². The molecule has 0 unspecified atom stereocenters.